The number of carbonyl (C=O) groups is 2. The van der Waals surface area contributed by atoms with Gasteiger partial charge in [-0.15, -0.1) is 0 Å². The van der Waals surface area contributed by atoms with Crippen LogP contribution in [0.4, 0.5) is 4.39 Å². The van der Waals surface area contributed by atoms with Crippen molar-refractivity contribution >= 4 is 34.4 Å². The molecule has 8 heteroatoms. The first kappa shape index (κ1) is 23.4. The zero-order valence-corrected chi connectivity index (χ0v) is 19.8. The Morgan fingerprint density at radius 1 is 1.23 bits per heavy atom. The number of amides is 2. The number of carbonyl (C=O) groups excluding carboxylic acids is 2. The minimum atomic E-state index is -0.395. The van der Waals surface area contributed by atoms with Crippen molar-refractivity contribution in [1.82, 2.24) is 15.5 Å². The highest BCUT2D eigenvalue weighted by atomic mass is 127. The third-order valence-electron chi connectivity index (χ3n) is 6.01. The first-order chi connectivity index (χ1) is 14.2. The van der Waals surface area contributed by atoms with E-state index in [2.05, 4.69) is 10.6 Å². The van der Waals surface area contributed by atoms with Crippen LogP contribution in [0.15, 0.2) is 18.2 Å². The molecule has 0 unspecified atom stereocenters. The minimum Gasteiger partial charge on any atom is -0.377 e. The molecule has 2 N–H and O–H groups in total. The Kier molecular flexibility index (Phi) is 8.09. The Morgan fingerprint density at radius 2 is 1.97 bits per heavy atom. The number of hydrogen-bond donors (Lipinski definition) is 2. The van der Waals surface area contributed by atoms with Gasteiger partial charge in [0.1, 0.15) is 5.82 Å². The van der Waals surface area contributed by atoms with E-state index in [0.29, 0.717) is 53.9 Å². The summed E-state index contributed by atoms with van der Waals surface area (Å²) in [5.41, 5.74) is 0.103. The van der Waals surface area contributed by atoms with Crippen LogP contribution in [0.1, 0.15) is 49.9 Å². The molecule has 0 atom stereocenters. The molecule has 2 aliphatic rings. The molecule has 2 amide bonds. The van der Waals surface area contributed by atoms with Crippen LogP contribution in [-0.2, 0) is 9.53 Å². The number of benzene rings is 1. The summed E-state index contributed by atoms with van der Waals surface area (Å²) < 4.78 is 19.7. The summed E-state index contributed by atoms with van der Waals surface area (Å²) in [7, 11) is 0. The first-order valence-corrected chi connectivity index (χ1v) is 11.7. The zero-order chi connectivity index (χ0) is 21.7. The molecule has 0 bridgehead atoms. The van der Waals surface area contributed by atoms with Gasteiger partial charge >= 0.3 is 0 Å². The van der Waals surface area contributed by atoms with Crippen molar-refractivity contribution in [3.05, 3.63) is 33.1 Å². The second-order valence-corrected chi connectivity index (χ2v) is 10.1. The Hall–Kier alpha value is -1.26. The molecule has 6 nitrogen and oxygen atoms in total. The summed E-state index contributed by atoms with van der Waals surface area (Å²) in [4.78, 5) is 26.8. The van der Waals surface area contributed by atoms with Gasteiger partial charge in [-0.05, 0) is 86.2 Å². The fraction of sp³-hybridized carbons (Fsp3) is 0.636. The van der Waals surface area contributed by atoms with Crippen molar-refractivity contribution in [2.45, 2.75) is 51.1 Å². The number of hydrogen-bond acceptors (Lipinski definition) is 4. The van der Waals surface area contributed by atoms with Gasteiger partial charge in [0.2, 0.25) is 5.91 Å². The summed E-state index contributed by atoms with van der Waals surface area (Å²) in [5, 5.41) is 6.36. The van der Waals surface area contributed by atoms with E-state index in [1.807, 2.05) is 41.3 Å². The third kappa shape index (κ3) is 6.37. The van der Waals surface area contributed by atoms with Gasteiger partial charge in [0.25, 0.3) is 5.91 Å². The highest BCUT2D eigenvalue weighted by Gasteiger charge is 2.34. The molecule has 30 heavy (non-hydrogen) atoms. The normalized spacial score (nSPS) is 23.8. The molecule has 0 radical (unpaired) electrons. The molecule has 3 rings (SSSR count). The van der Waals surface area contributed by atoms with Gasteiger partial charge in [-0.3, -0.25) is 9.59 Å². The maximum atomic E-state index is 13.5. The van der Waals surface area contributed by atoms with Crippen molar-refractivity contribution in [3.8, 4) is 0 Å². The maximum absolute atomic E-state index is 13.5. The van der Waals surface area contributed by atoms with Crippen LogP contribution >= 0.6 is 22.6 Å². The average molecular weight is 531 g/mol. The lowest BCUT2D eigenvalue weighted by Gasteiger charge is -2.42. The first-order valence-electron chi connectivity index (χ1n) is 10.6. The Bertz CT molecular complexity index is 746. The number of nitrogens with one attached hydrogen (secondary N) is 2. The van der Waals surface area contributed by atoms with Crippen molar-refractivity contribution in [3.63, 3.8) is 0 Å². The highest BCUT2D eigenvalue weighted by Crippen LogP contribution is 2.24. The molecule has 0 aromatic heterocycles. The molecular formula is C22H31FIN3O3. The second kappa shape index (κ2) is 10.4. The van der Waals surface area contributed by atoms with Crippen molar-refractivity contribution in [2.24, 2.45) is 5.92 Å². The number of rotatable bonds is 6. The number of halogens is 2. The monoisotopic (exact) mass is 531 g/mol. The van der Waals surface area contributed by atoms with E-state index in [1.54, 1.807) is 6.07 Å². The van der Waals surface area contributed by atoms with Gasteiger partial charge in [0.05, 0.1) is 25.3 Å². The van der Waals surface area contributed by atoms with E-state index in [4.69, 9.17) is 4.74 Å². The number of ether oxygens (including phenoxy) is 1. The average Bonchev–Trinajstić information content (AvgIpc) is 2.70. The molecule has 1 saturated heterocycles. The van der Waals surface area contributed by atoms with Crippen LogP contribution in [-0.4, -0.2) is 61.1 Å². The van der Waals surface area contributed by atoms with E-state index in [9.17, 15) is 14.0 Å². The maximum Gasteiger partial charge on any atom is 0.251 e. The van der Waals surface area contributed by atoms with Gasteiger partial charge in [-0.1, -0.05) is 0 Å². The lowest BCUT2D eigenvalue weighted by atomic mass is 9.86. The molecule has 1 aromatic rings. The minimum absolute atomic E-state index is 0.127. The predicted molar refractivity (Wildman–Crippen MR) is 122 cm³/mol. The summed E-state index contributed by atoms with van der Waals surface area (Å²) in [6.07, 6.45) is 3.96. The molecule has 1 aromatic carbocycles. The molecule has 1 aliphatic carbocycles. The van der Waals surface area contributed by atoms with Crippen LogP contribution in [0.3, 0.4) is 0 Å². The molecule has 2 fully saturated rings. The van der Waals surface area contributed by atoms with E-state index < -0.39 is 5.82 Å². The Morgan fingerprint density at radius 3 is 2.63 bits per heavy atom. The molecule has 0 spiro atoms. The van der Waals surface area contributed by atoms with Crippen molar-refractivity contribution < 1.29 is 18.7 Å². The smallest absolute Gasteiger partial charge is 0.251 e. The van der Waals surface area contributed by atoms with E-state index in [0.717, 1.165) is 25.7 Å². The Labute approximate surface area is 191 Å². The highest BCUT2D eigenvalue weighted by molar-refractivity contribution is 14.1. The predicted octanol–water partition coefficient (Wildman–Crippen LogP) is 2.95. The fourth-order valence-electron chi connectivity index (χ4n) is 4.24. The summed E-state index contributed by atoms with van der Waals surface area (Å²) in [6, 6.07) is 4.68. The van der Waals surface area contributed by atoms with Crippen LogP contribution in [0.5, 0.6) is 0 Å². The summed E-state index contributed by atoms with van der Waals surface area (Å²) >= 11 is 2.01. The van der Waals surface area contributed by atoms with Gasteiger partial charge in [-0.2, -0.15) is 0 Å². The zero-order valence-electron chi connectivity index (χ0n) is 17.7. The number of nitrogens with zero attached hydrogens (tertiary/aromatic N) is 1. The molecule has 1 aliphatic heterocycles. The van der Waals surface area contributed by atoms with E-state index >= 15 is 0 Å². The fourth-order valence-corrected chi connectivity index (χ4v) is 4.88. The summed E-state index contributed by atoms with van der Waals surface area (Å²) in [5.74, 6) is -0.0871. The molecule has 1 saturated carbocycles. The van der Waals surface area contributed by atoms with Gasteiger partial charge in [0.15, 0.2) is 0 Å². The van der Waals surface area contributed by atoms with E-state index in [-0.39, 0.29) is 17.4 Å². The third-order valence-corrected chi connectivity index (χ3v) is 6.63. The standard InChI is InChI=1S/C22H31FIN3O3/c1-22(2)14-30-8-7-27(22)20(28)13-25-19-5-3-15(4-6-19)12-26-21(29)16-9-17(23)11-18(24)10-16/h9-11,15,19,25H,3-8,12-14H2,1-2H3,(H,26,29)/t15-,19+. The van der Waals surface area contributed by atoms with Crippen LogP contribution in [0.25, 0.3) is 0 Å². The second-order valence-electron chi connectivity index (χ2n) is 8.88. The van der Waals surface area contributed by atoms with Gasteiger partial charge < -0.3 is 20.3 Å². The van der Waals surface area contributed by atoms with Crippen LogP contribution < -0.4 is 10.6 Å². The van der Waals surface area contributed by atoms with Gasteiger partial charge in [0, 0.05) is 28.3 Å². The number of morpholine rings is 1. The molecular weight excluding hydrogens is 500 g/mol. The molecule has 1 heterocycles. The quantitative estimate of drug-likeness (QED) is 0.555. The van der Waals surface area contributed by atoms with Crippen LogP contribution in [0, 0.1) is 15.3 Å². The lowest BCUT2D eigenvalue weighted by molar-refractivity contribution is -0.145. The Balaban J connectivity index is 1.37. The van der Waals surface area contributed by atoms with E-state index in [1.165, 1.54) is 12.1 Å². The molecule has 166 valence electrons. The largest absolute Gasteiger partial charge is 0.377 e. The topological polar surface area (TPSA) is 70.7 Å². The van der Waals surface area contributed by atoms with Gasteiger partial charge in [-0.25, -0.2) is 4.39 Å². The lowest BCUT2D eigenvalue weighted by Crippen LogP contribution is -2.57. The van der Waals surface area contributed by atoms with Crippen molar-refractivity contribution in [1.29, 1.82) is 0 Å². The van der Waals surface area contributed by atoms with Crippen molar-refractivity contribution in [2.75, 3.05) is 32.8 Å². The summed E-state index contributed by atoms with van der Waals surface area (Å²) in [6.45, 7) is 6.84. The SMILES string of the molecule is CC1(C)COCCN1C(=O)CN[C@H]1CC[C@@H](CNC(=O)c2cc(F)cc(I)c2)CC1. The van der Waals surface area contributed by atoms with Crippen LogP contribution in [0.2, 0.25) is 0 Å².